The fraction of sp³-hybridized carbons (Fsp3) is 0.300. The summed E-state index contributed by atoms with van der Waals surface area (Å²) in [6.45, 7) is 6.06. The predicted molar refractivity (Wildman–Crippen MR) is 158 cm³/mol. The van der Waals surface area contributed by atoms with Crippen molar-refractivity contribution in [3.05, 3.63) is 87.2 Å². The topological polar surface area (TPSA) is 93.7 Å². The van der Waals surface area contributed by atoms with Crippen LogP contribution in [0.2, 0.25) is 5.02 Å². The fourth-order valence-electron chi connectivity index (χ4n) is 4.52. The first-order valence-corrected chi connectivity index (χ1v) is 14.3. The molecule has 1 saturated carbocycles. The van der Waals surface area contributed by atoms with Crippen molar-refractivity contribution in [2.24, 2.45) is 5.92 Å². The molecule has 16 heteroatoms. The highest BCUT2D eigenvalue weighted by molar-refractivity contribution is 6.53. The lowest BCUT2D eigenvalue weighted by Crippen LogP contribution is -2.26. The van der Waals surface area contributed by atoms with Gasteiger partial charge in [-0.1, -0.05) is 17.7 Å². The molecule has 1 fully saturated rings. The molecule has 0 heterocycles. The molecule has 246 valence electrons. The summed E-state index contributed by atoms with van der Waals surface area (Å²) in [5.41, 5.74) is -3.82. The number of carbonyl (C=O) groups is 3. The maximum Gasteiger partial charge on any atom is 0.514 e. The van der Waals surface area contributed by atoms with Gasteiger partial charge < -0.3 is 20.1 Å². The van der Waals surface area contributed by atoms with Crippen LogP contribution in [0, 0.1) is 30.3 Å². The molecule has 3 aromatic carbocycles. The number of halogens is 9. The number of benzene rings is 3. The van der Waals surface area contributed by atoms with Crippen LogP contribution in [0.15, 0.2) is 42.5 Å². The predicted octanol–water partition coefficient (Wildman–Crippen LogP) is 9.18. The van der Waals surface area contributed by atoms with Gasteiger partial charge in [0, 0.05) is 11.6 Å². The molecule has 3 aromatic rings. The highest BCUT2D eigenvalue weighted by atomic mass is 35.5. The summed E-state index contributed by atoms with van der Waals surface area (Å²) >= 11 is 18.8. The average molecular weight is 712 g/mol. The van der Waals surface area contributed by atoms with Crippen molar-refractivity contribution in [3.8, 4) is 5.75 Å². The van der Waals surface area contributed by atoms with E-state index in [1.54, 1.807) is 0 Å². The van der Waals surface area contributed by atoms with Gasteiger partial charge in [0.15, 0.2) is 11.6 Å². The zero-order chi connectivity index (χ0) is 34.5. The summed E-state index contributed by atoms with van der Waals surface area (Å²) in [5.74, 6) is -9.34. The lowest BCUT2D eigenvalue weighted by Gasteiger charge is -2.19. The maximum absolute atomic E-state index is 15.1. The van der Waals surface area contributed by atoms with Crippen molar-refractivity contribution >= 4 is 64.1 Å². The summed E-state index contributed by atoms with van der Waals surface area (Å²) in [5, 5.41) is 4.32. The molecule has 1 aliphatic rings. The minimum atomic E-state index is -5.01. The van der Waals surface area contributed by atoms with E-state index in [2.05, 4.69) is 5.32 Å². The van der Waals surface area contributed by atoms with Crippen LogP contribution in [-0.4, -0.2) is 27.9 Å². The molecule has 46 heavy (non-hydrogen) atoms. The van der Waals surface area contributed by atoms with Crippen LogP contribution in [0.3, 0.4) is 0 Å². The van der Waals surface area contributed by atoms with E-state index < -0.39 is 80.4 Å². The number of nitrogens with one attached hydrogen (secondary N) is 2. The van der Waals surface area contributed by atoms with Crippen molar-refractivity contribution in [2.45, 2.75) is 49.7 Å². The van der Waals surface area contributed by atoms with E-state index in [4.69, 9.17) is 44.3 Å². The molecule has 1 aliphatic carbocycles. The van der Waals surface area contributed by atoms with Gasteiger partial charge >= 0.3 is 12.3 Å². The molecule has 0 spiro atoms. The monoisotopic (exact) mass is 710 g/mol. The van der Waals surface area contributed by atoms with Crippen LogP contribution in [0.4, 0.5) is 42.5 Å². The molecule has 2 N–H and O–H groups in total. The molecule has 4 rings (SSSR count). The minimum Gasteiger partial charge on any atom is -0.428 e. The first-order chi connectivity index (χ1) is 21.1. The second kappa shape index (κ2) is 12.5. The van der Waals surface area contributed by atoms with Gasteiger partial charge in [0.05, 0.1) is 22.1 Å². The Morgan fingerprint density at radius 2 is 1.54 bits per heavy atom. The smallest absolute Gasteiger partial charge is 0.428 e. The zero-order valence-corrected chi connectivity index (χ0v) is 26.4. The van der Waals surface area contributed by atoms with E-state index >= 15 is 4.39 Å². The summed E-state index contributed by atoms with van der Waals surface area (Å²) in [6.07, 6.45) is -6.29. The van der Waals surface area contributed by atoms with Gasteiger partial charge in [-0.05, 0) is 75.2 Å². The van der Waals surface area contributed by atoms with E-state index in [1.807, 2.05) is 5.32 Å². The normalized spacial score (nSPS) is 17.2. The van der Waals surface area contributed by atoms with Crippen LogP contribution in [-0.2, 0) is 15.7 Å². The number of aryl methyl sites for hydroxylation is 1. The quantitative estimate of drug-likeness (QED) is 0.115. The Bertz CT molecular complexity index is 1740. The zero-order valence-electron chi connectivity index (χ0n) is 24.1. The summed E-state index contributed by atoms with van der Waals surface area (Å²) in [4.78, 5) is 38.2. The molecule has 0 unspecified atom stereocenters. The van der Waals surface area contributed by atoms with Gasteiger partial charge in [-0.15, -0.1) is 23.2 Å². The standard InChI is InChI=1S/C30H23Cl3F6N2O5/c1-12-9-14(40-26(43)21-20(29(21,32)33)13-5-6-17(34)16(10-13)30(37,38)39)11-15(22(12)31)25(42)41-24-18(35)7-8-19(23(24)36)45-27(44)46-28(2,3)4/h5-11,20-21H,1-4H3,(H,40,43)(H,41,42)/t20-,21+/m0/s1. The molecule has 0 bridgehead atoms. The van der Waals surface area contributed by atoms with E-state index in [0.717, 1.165) is 24.3 Å². The second-order valence-corrected chi connectivity index (χ2v) is 13.1. The van der Waals surface area contributed by atoms with Crippen molar-refractivity contribution in [1.29, 1.82) is 0 Å². The number of amides is 2. The number of hydrogen-bond acceptors (Lipinski definition) is 5. The number of hydrogen-bond donors (Lipinski definition) is 2. The summed E-state index contributed by atoms with van der Waals surface area (Å²) in [7, 11) is 0. The summed E-state index contributed by atoms with van der Waals surface area (Å²) < 4.78 is 91.1. The van der Waals surface area contributed by atoms with E-state index in [1.165, 1.54) is 33.8 Å². The lowest BCUT2D eigenvalue weighted by atomic mass is 10.0. The average Bonchev–Trinajstić information content (AvgIpc) is 3.50. The van der Waals surface area contributed by atoms with Gasteiger partial charge in [-0.3, -0.25) is 9.59 Å². The Hall–Kier alpha value is -3.68. The van der Waals surface area contributed by atoms with Crippen LogP contribution < -0.4 is 15.4 Å². The van der Waals surface area contributed by atoms with Gasteiger partial charge in [0.25, 0.3) is 5.91 Å². The van der Waals surface area contributed by atoms with Gasteiger partial charge in [-0.25, -0.2) is 18.0 Å². The number of rotatable bonds is 6. The summed E-state index contributed by atoms with van der Waals surface area (Å²) in [6, 6.07) is 6.10. The van der Waals surface area contributed by atoms with E-state index in [9.17, 15) is 36.3 Å². The Morgan fingerprint density at radius 3 is 2.15 bits per heavy atom. The Kier molecular flexibility index (Phi) is 9.56. The van der Waals surface area contributed by atoms with E-state index in [-0.39, 0.29) is 27.4 Å². The third kappa shape index (κ3) is 7.48. The molecule has 0 aromatic heterocycles. The molecular formula is C30H23Cl3F6N2O5. The van der Waals surface area contributed by atoms with Crippen LogP contribution in [0.1, 0.15) is 53.7 Å². The van der Waals surface area contributed by atoms with Crippen LogP contribution >= 0.6 is 34.8 Å². The lowest BCUT2D eigenvalue weighted by molar-refractivity contribution is -0.140. The third-order valence-corrected chi connectivity index (χ3v) is 8.08. The van der Waals surface area contributed by atoms with Crippen molar-refractivity contribution in [3.63, 3.8) is 0 Å². The highest BCUT2D eigenvalue weighted by Gasteiger charge is 2.67. The highest BCUT2D eigenvalue weighted by Crippen LogP contribution is 2.65. The van der Waals surface area contributed by atoms with Crippen LogP contribution in [0.25, 0.3) is 0 Å². The number of ether oxygens (including phenoxy) is 2. The molecule has 0 radical (unpaired) electrons. The molecular weight excluding hydrogens is 689 g/mol. The Morgan fingerprint density at radius 1 is 0.913 bits per heavy atom. The number of anilines is 2. The first kappa shape index (κ1) is 35.2. The van der Waals surface area contributed by atoms with Crippen molar-refractivity contribution in [1.82, 2.24) is 0 Å². The fourth-order valence-corrected chi connectivity index (χ4v) is 5.54. The van der Waals surface area contributed by atoms with E-state index in [0.29, 0.717) is 12.1 Å². The molecule has 7 nitrogen and oxygen atoms in total. The first-order valence-electron chi connectivity index (χ1n) is 13.2. The molecule has 0 aliphatic heterocycles. The molecule has 2 atom stereocenters. The maximum atomic E-state index is 15.1. The SMILES string of the molecule is Cc1cc(NC(=O)[C@H]2[C@H](c3ccc(F)c(C(F)(F)F)c3)C2(Cl)Cl)cc(C(=O)Nc2c(F)ccc(OC(=O)OC(C)(C)C)c2F)c1Cl. The van der Waals surface area contributed by atoms with Crippen molar-refractivity contribution < 1.29 is 50.2 Å². The van der Waals surface area contributed by atoms with Gasteiger partial charge in [-0.2, -0.15) is 13.2 Å². The number of alkyl halides is 5. The van der Waals surface area contributed by atoms with Crippen LogP contribution in [0.5, 0.6) is 5.75 Å². The van der Waals surface area contributed by atoms with Crippen molar-refractivity contribution in [2.75, 3.05) is 10.6 Å². The molecule has 2 amide bonds. The Labute approximate surface area is 273 Å². The van der Waals surface area contributed by atoms with Gasteiger partial charge in [0.1, 0.15) is 27.3 Å². The van der Waals surface area contributed by atoms with Gasteiger partial charge in [0.2, 0.25) is 5.91 Å². The third-order valence-electron chi connectivity index (χ3n) is 6.63. The Balaban J connectivity index is 1.56. The minimum absolute atomic E-state index is 0.0510. The molecule has 0 saturated heterocycles. The second-order valence-electron chi connectivity index (χ2n) is 11.3. The number of carbonyl (C=O) groups excluding carboxylic acids is 3. The largest absolute Gasteiger partial charge is 0.514 e.